The van der Waals surface area contributed by atoms with E-state index in [1.54, 1.807) is 0 Å². The van der Waals surface area contributed by atoms with Gasteiger partial charge in [0.25, 0.3) is 0 Å². The van der Waals surface area contributed by atoms with Gasteiger partial charge >= 0.3 is 0 Å². The summed E-state index contributed by atoms with van der Waals surface area (Å²) in [5, 5.41) is 2.72. The fourth-order valence-corrected chi connectivity index (χ4v) is 1.49. The highest BCUT2D eigenvalue weighted by Gasteiger charge is 2.03. The molecule has 0 bridgehead atoms. The zero-order valence-corrected chi connectivity index (χ0v) is 10.1. The maximum atomic E-state index is 10.9. The first kappa shape index (κ1) is 12.8. The monoisotopic (exact) mass is 241 g/mol. The molecule has 0 saturated heterocycles. The van der Waals surface area contributed by atoms with Gasteiger partial charge in [-0.1, -0.05) is 18.2 Å². The average molecular weight is 242 g/mol. The van der Waals surface area contributed by atoms with Gasteiger partial charge in [-0.2, -0.15) is 0 Å². The van der Waals surface area contributed by atoms with E-state index in [1.165, 1.54) is 0 Å². The van der Waals surface area contributed by atoms with Crippen LogP contribution in [0.15, 0.2) is 24.3 Å². The molecule has 0 aliphatic carbocycles. The predicted molar refractivity (Wildman–Crippen MR) is 65.0 cm³/mol. The molecule has 1 aromatic carbocycles. The first-order valence-corrected chi connectivity index (χ1v) is 5.84. The molecule has 0 aliphatic rings. The van der Waals surface area contributed by atoms with Crippen LogP contribution in [0.5, 0.6) is 5.75 Å². The molecule has 0 radical (unpaired) electrons. The molecule has 0 spiro atoms. The van der Waals surface area contributed by atoms with Crippen molar-refractivity contribution in [1.82, 2.24) is 5.32 Å². The van der Waals surface area contributed by atoms with Gasteiger partial charge in [0.15, 0.2) is 0 Å². The van der Waals surface area contributed by atoms with Crippen LogP contribution in [0.1, 0.15) is 12.5 Å². The Bertz CT molecular complexity index is 342. The molecule has 0 aliphatic heterocycles. The zero-order valence-electron chi connectivity index (χ0n) is 9.33. The zero-order chi connectivity index (χ0) is 11.8. The van der Waals surface area contributed by atoms with E-state index < -0.39 is 0 Å². The summed E-state index contributed by atoms with van der Waals surface area (Å²) in [5.74, 6) is 0.744. The fourth-order valence-electron chi connectivity index (χ4n) is 1.39. The number of carbonyl (C=O) groups is 1. The summed E-state index contributed by atoms with van der Waals surface area (Å²) < 4.78 is 5.48. The van der Waals surface area contributed by atoms with Crippen molar-refractivity contribution in [3.05, 3.63) is 29.8 Å². The van der Waals surface area contributed by atoms with E-state index in [-0.39, 0.29) is 11.8 Å². The summed E-state index contributed by atoms with van der Waals surface area (Å²) in [4.78, 5) is 10.9. The Morgan fingerprint density at radius 3 is 2.88 bits per heavy atom. The highest BCUT2D eigenvalue weighted by atomic mass is 35.5. The molecule has 16 heavy (non-hydrogen) atoms. The van der Waals surface area contributed by atoms with Crippen LogP contribution >= 0.6 is 11.6 Å². The molecule has 0 aromatic heterocycles. The van der Waals surface area contributed by atoms with Crippen molar-refractivity contribution in [2.24, 2.45) is 0 Å². The van der Waals surface area contributed by atoms with Gasteiger partial charge in [-0.05, 0) is 25.0 Å². The largest absolute Gasteiger partial charge is 0.494 e. The third-order valence-electron chi connectivity index (χ3n) is 2.11. The number of hydrogen-bond donors (Lipinski definition) is 1. The highest BCUT2D eigenvalue weighted by molar-refractivity contribution is 6.27. The Kier molecular flexibility index (Phi) is 5.72. The second-order valence-electron chi connectivity index (χ2n) is 3.27. The van der Waals surface area contributed by atoms with Crippen LogP contribution in [-0.4, -0.2) is 24.9 Å². The van der Waals surface area contributed by atoms with E-state index in [4.69, 9.17) is 16.3 Å². The van der Waals surface area contributed by atoms with Crippen LogP contribution < -0.4 is 10.1 Å². The number of benzene rings is 1. The van der Waals surface area contributed by atoms with Crippen LogP contribution in [-0.2, 0) is 11.2 Å². The Morgan fingerprint density at radius 2 is 2.19 bits per heavy atom. The summed E-state index contributed by atoms with van der Waals surface area (Å²) in [7, 11) is 0. The van der Waals surface area contributed by atoms with Gasteiger partial charge in [0.2, 0.25) is 5.91 Å². The molecule has 88 valence electrons. The van der Waals surface area contributed by atoms with Crippen LogP contribution in [0, 0.1) is 0 Å². The molecule has 1 rings (SSSR count). The maximum absolute atomic E-state index is 10.9. The fraction of sp³-hybridized carbons (Fsp3) is 0.417. The van der Waals surface area contributed by atoms with Crippen molar-refractivity contribution in [2.45, 2.75) is 13.3 Å². The van der Waals surface area contributed by atoms with E-state index in [9.17, 15) is 4.79 Å². The minimum absolute atomic E-state index is 0.00705. The molecule has 0 heterocycles. The van der Waals surface area contributed by atoms with E-state index in [0.717, 1.165) is 17.7 Å². The van der Waals surface area contributed by atoms with Crippen molar-refractivity contribution in [3.8, 4) is 5.75 Å². The summed E-state index contributed by atoms with van der Waals surface area (Å²) in [6, 6.07) is 7.83. The molecule has 1 N–H and O–H groups in total. The Morgan fingerprint density at radius 1 is 1.44 bits per heavy atom. The second-order valence-corrected chi connectivity index (χ2v) is 3.54. The number of para-hydroxylation sites is 1. The summed E-state index contributed by atoms with van der Waals surface area (Å²) in [5.41, 5.74) is 1.10. The van der Waals surface area contributed by atoms with Crippen molar-refractivity contribution < 1.29 is 9.53 Å². The number of hydrogen-bond acceptors (Lipinski definition) is 2. The minimum atomic E-state index is -0.143. The number of nitrogens with one attached hydrogen (secondary N) is 1. The first-order valence-electron chi connectivity index (χ1n) is 5.31. The predicted octanol–water partition coefficient (Wildman–Crippen LogP) is 1.98. The van der Waals surface area contributed by atoms with Gasteiger partial charge in [-0.15, -0.1) is 11.6 Å². The smallest absolute Gasteiger partial charge is 0.234 e. The van der Waals surface area contributed by atoms with E-state index in [2.05, 4.69) is 5.32 Å². The number of ether oxygens (including phenoxy) is 1. The van der Waals surface area contributed by atoms with Gasteiger partial charge in [0, 0.05) is 6.54 Å². The number of alkyl halides is 1. The van der Waals surface area contributed by atoms with Crippen LogP contribution in [0.2, 0.25) is 0 Å². The molecule has 4 heteroatoms. The Labute approximate surface area is 101 Å². The van der Waals surface area contributed by atoms with Crippen molar-refractivity contribution >= 4 is 17.5 Å². The summed E-state index contributed by atoms with van der Waals surface area (Å²) >= 11 is 5.38. The molecular weight excluding hydrogens is 226 g/mol. The van der Waals surface area contributed by atoms with Crippen molar-refractivity contribution in [1.29, 1.82) is 0 Å². The van der Waals surface area contributed by atoms with Gasteiger partial charge < -0.3 is 10.1 Å². The van der Waals surface area contributed by atoms with E-state index in [1.807, 2.05) is 31.2 Å². The summed E-state index contributed by atoms with van der Waals surface area (Å²) in [6.07, 6.45) is 0.749. The molecule has 1 aromatic rings. The number of halogens is 1. The third kappa shape index (κ3) is 4.11. The van der Waals surface area contributed by atoms with Crippen molar-refractivity contribution in [3.63, 3.8) is 0 Å². The lowest BCUT2D eigenvalue weighted by Gasteiger charge is -2.10. The molecule has 1 amide bonds. The van der Waals surface area contributed by atoms with E-state index in [0.29, 0.717) is 13.2 Å². The Hall–Kier alpha value is -1.22. The average Bonchev–Trinajstić information content (AvgIpc) is 2.31. The lowest BCUT2D eigenvalue weighted by atomic mass is 10.1. The summed E-state index contributed by atoms with van der Waals surface area (Å²) in [6.45, 7) is 3.17. The lowest BCUT2D eigenvalue weighted by Crippen LogP contribution is -2.26. The second kappa shape index (κ2) is 7.12. The van der Waals surface area contributed by atoms with Crippen molar-refractivity contribution in [2.75, 3.05) is 19.0 Å². The number of carbonyl (C=O) groups excluding carboxylic acids is 1. The van der Waals surface area contributed by atoms with Gasteiger partial charge in [-0.25, -0.2) is 0 Å². The van der Waals surface area contributed by atoms with Gasteiger partial charge in [0.05, 0.1) is 6.61 Å². The molecule has 0 saturated carbocycles. The highest BCUT2D eigenvalue weighted by Crippen LogP contribution is 2.17. The lowest BCUT2D eigenvalue weighted by molar-refractivity contribution is -0.118. The number of rotatable bonds is 6. The van der Waals surface area contributed by atoms with E-state index >= 15 is 0 Å². The first-order chi connectivity index (χ1) is 7.77. The van der Waals surface area contributed by atoms with Crippen LogP contribution in [0.4, 0.5) is 0 Å². The third-order valence-corrected chi connectivity index (χ3v) is 2.35. The molecule has 3 nitrogen and oxygen atoms in total. The minimum Gasteiger partial charge on any atom is -0.494 e. The normalized spacial score (nSPS) is 9.88. The van der Waals surface area contributed by atoms with Gasteiger partial charge in [0.1, 0.15) is 11.6 Å². The topological polar surface area (TPSA) is 38.3 Å². The molecule has 0 atom stereocenters. The Balaban J connectivity index is 2.49. The quantitative estimate of drug-likeness (QED) is 0.774. The SMILES string of the molecule is CCOc1ccccc1CCNC(=O)CCl. The van der Waals surface area contributed by atoms with Crippen LogP contribution in [0.25, 0.3) is 0 Å². The van der Waals surface area contributed by atoms with Gasteiger partial charge in [-0.3, -0.25) is 4.79 Å². The molecular formula is C12H16ClNO2. The standard InChI is InChI=1S/C12H16ClNO2/c1-2-16-11-6-4-3-5-10(11)7-8-14-12(15)9-13/h3-6H,2,7-9H2,1H3,(H,14,15). The molecule has 0 unspecified atom stereocenters. The van der Waals surface area contributed by atoms with Crippen LogP contribution in [0.3, 0.4) is 0 Å². The maximum Gasteiger partial charge on any atom is 0.234 e. The number of amides is 1. The molecule has 0 fully saturated rings.